The summed E-state index contributed by atoms with van der Waals surface area (Å²) in [5.41, 5.74) is 2.28. The number of nitrogens with one attached hydrogen (secondary N) is 1. The summed E-state index contributed by atoms with van der Waals surface area (Å²) in [4.78, 5) is 8.43. The van der Waals surface area contributed by atoms with Gasteiger partial charge in [-0.1, -0.05) is 0 Å². The molecule has 3 aromatic heterocycles. The molecule has 0 saturated heterocycles. The van der Waals surface area contributed by atoms with Crippen molar-refractivity contribution in [3.8, 4) is 5.82 Å². The highest BCUT2D eigenvalue weighted by Crippen LogP contribution is 2.11. The Kier molecular flexibility index (Phi) is 3.50. The largest absolute Gasteiger partial charge is 0.378 e. The second-order valence-electron chi connectivity index (χ2n) is 4.51. The van der Waals surface area contributed by atoms with Crippen LogP contribution in [0.1, 0.15) is 12.6 Å². The van der Waals surface area contributed by atoms with Crippen molar-refractivity contribution in [2.75, 3.05) is 5.32 Å². The first-order valence-corrected chi connectivity index (χ1v) is 6.69. The minimum atomic E-state index is 0.799. The van der Waals surface area contributed by atoms with Crippen LogP contribution in [0.4, 0.5) is 5.69 Å². The van der Waals surface area contributed by atoms with Gasteiger partial charge in [0.2, 0.25) is 0 Å². The van der Waals surface area contributed by atoms with Crippen LogP contribution in [-0.2, 0) is 13.1 Å². The quantitative estimate of drug-likeness (QED) is 0.773. The zero-order chi connectivity index (χ0) is 13.8. The Bertz CT molecular complexity index is 652. The Morgan fingerprint density at radius 2 is 2.15 bits per heavy atom. The van der Waals surface area contributed by atoms with Crippen LogP contribution in [0.2, 0.25) is 0 Å². The minimum absolute atomic E-state index is 0.799. The number of hydrogen-bond acceptors (Lipinski definition) is 3. The molecule has 0 spiro atoms. The van der Waals surface area contributed by atoms with E-state index in [0.717, 1.165) is 24.6 Å². The van der Waals surface area contributed by atoms with Crippen molar-refractivity contribution in [3.05, 3.63) is 61.1 Å². The fourth-order valence-electron chi connectivity index (χ4n) is 2.15. The molecule has 0 aliphatic heterocycles. The summed E-state index contributed by atoms with van der Waals surface area (Å²) < 4.78 is 4.10. The highest BCUT2D eigenvalue weighted by Gasteiger charge is 2.00. The molecule has 0 saturated carbocycles. The van der Waals surface area contributed by atoms with Gasteiger partial charge in [-0.05, 0) is 31.2 Å². The Balaban J connectivity index is 1.67. The van der Waals surface area contributed by atoms with Gasteiger partial charge in [-0.15, -0.1) is 0 Å². The minimum Gasteiger partial charge on any atom is -0.378 e. The predicted molar refractivity (Wildman–Crippen MR) is 78.8 cm³/mol. The van der Waals surface area contributed by atoms with E-state index in [9.17, 15) is 0 Å². The van der Waals surface area contributed by atoms with Crippen molar-refractivity contribution < 1.29 is 0 Å². The van der Waals surface area contributed by atoms with Crippen LogP contribution in [-0.4, -0.2) is 19.1 Å². The normalized spacial score (nSPS) is 10.7. The maximum Gasteiger partial charge on any atom is 0.137 e. The van der Waals surface area contributed by atoms with E-state index >= 15 is 0 Å². The van der Waals surface area contributed by atoms with Gasteiger partial charge >= 0.3 is 0 Å². The van der Waals surface area contributed by atoms with Crippen molar-refractivity contribution in [3.63, 3.8) is 0 Å². The van der Waals surface area contributed by atoms with E-state index in [1.807, 2.05) is 29.1 Å². The molecule has 0 aromatic carbocycles. The van der Waals surface area contributed by atoms with Crippen molar-refractivity contribution in [2.24, 2.45) is 0 Å². The summed E-state index contributed by atoms with van der Waals surface area (Å²) in [5.74, 6) is 0.866. The molecular weight excluding hydrogens is 250 g/mol. The van der Waals surface area contributed by atoms with Gasteiger partial charge in [0.25, 0.3) is 0 Å². The molecule has 0 bridgehead atoms. The molecule has 3 heterocycles. The molecule has 1 N–H and O–H groups in total. The lowest BCUT2D eigenvalue weighted by Gasteiger charge is -2.09. The third-order valence-corrected chi connectivity index (χ3v) is 3.25. The van der Waals surface area contributed by atoms with Gasteiger partial charge in [-0.25, -0.2) is 9.97 Å². The van der Waals surface area contributed by atoms with Gasteiger partial charge in [0.05, 0.1) is 18.4 Å². The van der Waals surface area contributed by atoms with Crippen LogP contribution >= 0.6 is 0 Å². The van der Waals surface area contributed by atoms with E-state index < -0.39 is 0 Å². The van der Waals surface area contributed by atoms with E-state index in [1.165, 1.54) is 5.69 Å². The maximum absolute atomic E-state index is 4.42. The number of nitrogens with zero attached hydrogens (tertiary/aromatic N) is 4. The first-order valence-electron chi connectivity index (χ1n) is 6.69. The zero-order valence-corrected chi connectivity index (χ0v) is 11.4. The molecule has 5 heteroatoms. The first-order chi connectivity index (χ1) is 9.86. The van der Waals surface area contributed by atoms with Crippen LogP contribution in [0.25, 0.3) is 5.82 Å². The van der Waals surface area contributed by atoms with Crippen LogP contribution in [0, 0.1) is 0 Å². The Morgan fingerprint density at radius 3 is 2.85 bits per heavy atom. The second-order valence-corrected chi connectivity index (χ2v) is 4.51. The van der Waals surface area contributed by atoms with Gasteiger partial charge in [-0.2, -0.15) is 0 Å². The van der Waals surface area contributed by atoms with Gasteiger partial charge in [0.15, 0.2) is 0 Å². The third kappa shape index (κ3) is 2.56. The summed E-state index contributed by atoms with van der Waals surface area (Å²) in [6, 6.07) is 8.20. The molecule has 3 rings (SSSR count). The molecule has 20 heavy (non-hydrogen) atoms. The summed E-state index contributed by atoms with van der Waals surface area (Å²) in [5, 5.41) is 3.39. The van der Waals surface area contributed by atoms with Crippen LogP contribution in [0.15, 0.2) is 55.4 Å². The van der Waals surface area contributed by atoms with Gasteiger partial charge in [-0.3, -0.25) is 4.57 Å². The standard InChI is InChI=1S/C15H17N5/c1-2-19-8-3-4-14(19)11-17-13-5-6-15(18-10-13)20-9-7-16-12-20/h3-10,12,17H,2,11H2,1H3. The fraction of sp³-hybridized carbons (Fsp3) is 0.200. The summed E-state index contributed by atoms with van der Waals surface area (Å²) in [6.45, 7) is 3.93. The monoisotopic (exact) mass is 267 g/mol. The average molecular weight is 267 g/mol. The second kappa shape index (κ2) is 5.61. The fourth-order valence-corrected chi connectivity index (χ4v) is 2.15. The van der Waals surface area contributed by atoms with Gasteiger partial charge < -0.3 is 9.88 Å². The highest BCUT2D eigenvalue weighted by atomic mass is 15.1. The van der Waals surface area contributed by atoms with E-state index in [4.69, 9.17) is 0 Å². The SMILES string of the molecule is CCn1cccc1CNc1ccc(-n2ccnc2)nc1. The van der Waals surface area contributed by atoms with Crippen LogP contribution in [0.5, 0.6) is 0 Å². The molecular formula is C15H17N5. The number of imidazole rings is 1. The van der Waals surface area contributed by atoms with Crippen molar-refractivity contribution in [1.82, 2.24) is 19.1 Å². The molecule has 0 atom stereocenters. The number of pyridine rings is 1. The molecule has 0 fully saturated rings. The van der Waals surface area contributed by atoms with Gasteiger partial charge in [0, 0.05) is 30.8 Å². The number of hydrogen-bond donors (Lipinski definition) is 1. The highest BCUT2D eigenvalue weighted by molar-refractivity contribution is 5.43. The first kappa shape index (κ1) is 12.5. The van der Waals surface area contributed by atoms with Crippen LogP contribution in [0.3, 0.4) is 0 Å². The molecule has 0 unspecified atom stereocenters. The Labute approximate surface area is 117 Å². The number of anilines is 1. The Morgan fingerprint density at radius 1 is 1.20 bits per heavy atom. The van der Waals surface area contributed by atoms with Crippen molar-refractivity contribution in [2.45, 2.75) is 20.0 Å². The van der Waals surface area contributed by atoms with Crippen molar-refractivity contribution in [1.29, 1.82) is 0 Å². The van der Waals surface area contributed by atoms with E-state index in [2.05, 4.69) is 45.1 Å². The van der Waals surface area contributed by atoms with Crippen molar-refractivity contribution >= 4 is 5.69 Å². The average Bonchev–Trinajstić information content (AvgIpc) is 3.16. The topological polar surface area (TPSA) is 47.7 Å². The smallest absolute Gasteiger partial charge is 0.137 e. The maximum atomic E-state index is 4.42. The zero-order valence-electron chi connectivity index (χ0n) is 11.4. The number of rotatable bonds is 5. The predicted octanol–water partition coefficient (Wildman–Crippen LogP) is 2.70. The van der Waals surface area contributed by atoms with Gasteiger partial charge in [0.1, 0.15) is 12.1 Å². The Hall–Kier alpha value is -2.56. The molecule has 5 nitrogen and oxygen atoms in total. The molecule has 3 aromatic rings. The van der Waals surface area contributed by atoms with E-state index in [1.54, 1.807) is 12.5 Å². The third-order valence-electron chi connectivity index (χ3n) is 3.25. The lowest BCUT2D eigenvalue weighted by molar-refractivity contribution is 0.724. The lowest BCUT2D eigenvalue weighted by atomic mass is 10.3. The van der Waals surface area contributed by atoms with E-state index in [0.29, 0.717) is 0 Å². The summed E-state index contributed by atoms with van der Waals surface area (Å²) in [6.07, 6.45) is 9.30. The molecule has 0 aliphatic carbocycles. The summed E-state index contributed by atoms with van der Waals surface area (Å²) >= 11 is 0. The molecule has 102 valence electrons. The number of aromatic nitrogens is 4. The van der Waals surface area contributed by atoms with E-state index in [-0.39, 0.29) is 0 Å². The molecule has 0 radical (unpaired) electrons. The van der Waals surface area contributed by atoms with Crippen LogP contribution < -0.4 is 5.32 Å². The lowest BCUT2D eigenvalue weighted by Crippen LogP contribution is -2.06. The molecule has 0 aliphatic rings. The number of aryl methyl sites for hydroxylation is 1. The summed E-state index contributed by atoms with van der Waals surface area (Å²) in [7, 11) is 0. The molecule has 0 amide bonds.